The molecule has 1 atom stereocenters. The van der Waals surface area contributed by atoms with E-state index in [1.165, 1.54) is 0 Å². The first-order chi connectivity index (χ1) is 10.1. The number of aliphatic hydroxyl groups is 1. The number of ether oxygens (including phenoxy) is 1. The van der Waals surface area contributed by atoms with Crippen molar-refractivity contribution in [3.05, 3.63) is 58.6 Å². The molecule has 21 heavy (non-hydrogen) atoms. The number of benzene rings is 2. The van der Waals surface area contributed by atoms with E-state index in [1.54, 1.807) is 0 Å². The van der Waals surface area contributed by atoms with Crippen molar-refractivity contribution in [2.75, 3.05) is 6.54 Å². The van der Waals surface area contributed by atoms with Crippen molar-refractivity contribution in [1.82, 2.24) is 5.32 Å². The lowest BCUT2D eigenvalue weighted by Crippen LogP contribution is -2.17. The van der Waals surface area contributed by atoms with E-state index in [1.807, 2.05) is 42.5 Å². The van der Waals surface area contributed by atoms with Crippen molar-refractivity contribution < 1.29 is 9.84 Å². The molecule has 0 saturated heterocycles. The monoisotopic (exact) mass is 305 g/mol. The molecule has 0 aromatic heterocycles. The SMILES string of the molecule is CCNC(C)c1ccc(Oc2ccc(CO)cc2)cc1Cl. The summed E-state index contributed by atoms with van der Waals surface area (Å²) in [5, 5.41) is 13.0. The summed E-state index contributed by atoms with van der Waals surface area (Å²) in [6.07, 6.45) is 0. The van der Waals surface area contributed by atoms with Crippen LogP contribution in [0.2, 0.25) is 5.02 Å². The van der Waals surface area contributed by atoms with Crippen molar-refractivity contribution in [2.45, 2.75) is 26.5 Å². The molecule has 0 aliphatic carbocycles. The highest BCUT2D eigenvalue weighted by Crippen LogP contribution is 2.30. The molecule has 0 heterocycles. The third-order valence-electron chi connectivity index (χ3n) is 3.29. The zero-order chi connectivity index (χ0) is 15.2. The molecule has 0 radical (unpaired) electrons. The highest BCUT2D eigenvalue weighted by Gasteiger charge is 2.09. The summed E-state index contributed by atoms with van der Waals surface area (Å²) in [6, 6.07) is 13.2. The highest BCUT2D eigenvalue weighted by molar-refractivity contribution is 6.31. The minimum Gasteiger partial charge on any atom is -0.457 e. The molecule has 2 rings (SSSR count). The molecular weight excluding hydrogens is 286 g/mol. The predicted molar refractivity (Wildman–Crippen MR) is 86.0 cm³/mol. The number of nitrogens with one attached hydrogen (secondary N) is 1. The standard InChI is InChI=1S/C17H20ClNO2/c1-3-19-12(2)16-9-8-15(10-17(16)18)21-14-6-4-13(11-20)5-7-14/h4-10,12,19-20H,3,11H2,1-2H3. The van der Waals surface area contributed by atoms with Gasteiger partial charge in [-0.15, -0.1) is 0 Å². The minimum absolute atomic E-state index is 0.0309. The molecule has 1 unspecified atom stereocenters. The van der Waals surface area contributed by atoms with E-state index >= 15 is 0 Å². The molecule has 2 aromatic carbocycles. The van der Waals surface area contributed by atoms with Crippen molar-refractivity contribution >= 4 is 11.6 Å². The Kier molecular flexibility index (Phi) is 5.62. The number of hydrogen-bond donors (Lipinski definition) is 2. The average molecular weight is 306 g/mol. The van der Waals surface area contributed by atoms with Crippen LogP contribution >= 0.6 is 11.6 Å². The van der Waals surface area contributed by atoms with Crippen LogP contribution in [0, 0.1) is 0 Å². The third kappa shape index (κ3) is 4.21. The lowest BCUT2D eigenvalue weighted by molar-refractivity contribution is 0.281. The normalized spacial score (nSPS) is 12.2. The van der Waals surface area contributed by atoms with Crippen molar-refractivity contribution in [3.8, 4) is 11.5 Å². The van der Waals surface area contributed by atoms with Crippen LogP contribution in [-0.2, 0) is 6.61 Å². The largest absolute Gasteiger partial charge is 0.457 e. The summed E-state index contributed by atoms with van der Waals surface area (Å²) >= 11 is 6.32. The van der Waals surface area contributed by atoms with Gasteiger partial charge >= 0.3 is 0 Å². The molecule has 0 amide bonds. The van der Waals surface area contributed by atoms with Gasteiger partial charge in [-0.3, -0.25) is 0 Å². The fourth-order valence-electron chi connectivity index (χ4n) is 2.14. The fourth-order valence-corrected chi connectivity index (χ4v) is 2.47. The molecule has 0 fully saturated rings. The first-order valence-corrected chi connectivity index (χ1v) is 7.42. The molecule has 0 saturated carbocycles. The van der Waals surface area contributed by atoms with Gasteiger partial charge in [0.1, 0.15) is 11.5 Å². The minimum atomic E-state index is 0.0309. The second kappa shape index (κ2) is 7.46. The number of halogens is 1. The Morgan fingerprint density at radius 2 is 1.81 bits per heavy atom. The topological polar surface area (TPSA) is 41.5 Å². The molecule has 3 nitrogen and oxygen atoms in total. The first kappa shape index (κ1) is 15.8. The fraction of sp³-hybridized carbons (Fsp3) is 0.294. The molecule has 0 spiro atoms. The lowest BCUT2D eigenvalue weighted by Gasteiger charge is -2.15. The van der Waals surface area contributed by atoms with Gasteiger partial charge in [0, 0.05) is 11.1 Å². The molecule has 0 bridgehead atoms. The van der Waals surface area contributed by atoms with Gasteiger partial charge in [0.2, 0.25) is 0 Å². The van der Waals surface area contributed by atoms with Crippen LogP contribution in [-0.4, -0.2) is 11.7 Å². The van der Waals surface area contributed by atoms with Gasteiger partial charge in [-0.2, -0.15) is 0 Å². The quantitative estimate of drug-likeness (QED) is 0.836. The van der Waals surface area contributed by atoms with E-state index in [9.17, 15) is 0 Å². The van der Waals surface area contributed by atoms with Gasteiger partial charge in [-0.1, -0.05) is 36.7 Å². The molecule has 0 aliphatic rings. The van der Waals surface area contributed by atoms with Crippen molar-refractivity contribution in [3.63, 3.8) is 0 Å². The van der Waals surface area contributed by atoms with E-state index in [0.29, 0.717) is 10.8 Å². The van der Waals surface area contributed by atoms with Crippen molar-refractivity contribution in [2.24, 2.45) is 0 Å². The van der Waals surface area contributed by atoms with Crippen LogP contribution in [0.3, 0.4) is 0 Å². The molecule has 112 valence electrons. The Hall–Kier alpha value is -1.55. The van der Waals surface area contributed by atoms with Crippen LogP contribution in [0.25, 0.3) is 0 Å². The molecular formula is C17H20ClNO2. The van der Waals surface area contributed by atoms with Crippen LogP contribution in [0.15, 0.2) is 42.5 Å². The van der Waals surface area contributed by atoms with Crippen LogP contribution in [0.1, 0.15) is 31.0 Å². The number of aliphatic hydroxyl groups excluding tert-OH is 1. The molecule has 4 heteroatoms. The predicted octanol–water partition coefficient (Wildman–Crippen LogP) is 4.30. The Bertz CT molecular complexity index is 584. The van der Waals surface area contributed by atoms with Gasteiger partial charge in [0.05, 0.1) is 6.61 Å². The van der Waals surface area contributed by atoms with Gasteiger partial charge in [-0.25, -0.2) is 0 Å². The molecule has 2 aromatic rings. The maximum absolute atomic E-state index is 9.02. The zero-order valence-electron chi connectivity index (χ0n) is 12.3. The maximum atomic E-state index is 9.02. The van der Waals surface area contributed by atoms with E-state index in [-0.39, 0.29) is 12.6 Å². The highest BCUT2D eigenvalue weighted by atomic mass is 35.5. The summed E-state index contributed by atoms with van der Waals surface area (Å²) in [7, 11) is 0. The van der Waals surface area contributed by atoms with E-state index < -0.39 is 0 Å². The molecule has 0 aliphatic heterocycles. The van der Waals surface area contributed by atoms with Gasteiger partial charge in [-0.05, 0) is 48.9 Å². The number of hydrogen-bond acceptors (Lipinski definition) is 3. The second-order valence-corrected chi connectivity index (χ2v) is 5.27. The maximum Gasteiger partial charge on any atom is 0.128 e. The van der Waals surface area contributed by atoms with E-state index in [0.717, 1.165) is 23.4 Å². The van der Waals surface area contributed by atoms with Crippen LogP contribution < -0.4 is 10.1 Å². The van der Waals surface area contributed by atoms with Gasteiger partial charge in [0.25, 0.3) is 0 Å². The number of rotatable bonds is 6. The Labute approximate surface area is 130 Å². The summed E-state index contributed by atoms with van der Waals surface area (Å²) in [6.45, 7) is 5.08. The first-order valence-electron chi connectivity index (χ1n) is 7.04. The van der Waals surface area contributed by atoms with Crippen LogP contribution in [0.5, 0.6) is 11.5 Å². The summed E-state index contributed by atoms with van der Waals surface area (Å²) in [5.74, 6) is 1.42. The van der Waals surface area contributed by atoms with Crippen LogP contribution in [0.4, 0.5) is 0 Å². The lowest BCUT2D eigenvalue weighted by atomic mass is 10.1. The Balaban J connectivity index is 2.12. The Morgan fingerprint density at radius 3 is 2.38 bits per heavy atom. The Morgan fingerprint density at radius 1 is 1.14 bits per heavy atom. The van der Waals surface area contributed by atoms with Gasteiger partial charge < -0.3 is 15.2 Å². The third-order valence-corrected chi connectivity index (χ3v) is 3.62. The second-order valence-electron chi connectivity index (χ2n) is 4.87. The average Bonchev–Trinajstić information content (AvgIpc) is 2.48. The molecule has 2 N–H and O–H groups in total. The summed E-state index contributed by atoms with van der Waals surface area (Å²) in [4.78, 5) is 0. The summed E-state index contributed by atoms with van der Waals surface area (Å²) in [5.41, 5.74) is 1.91. The smallest absolute Gasteiger partial charge is 0.128 e. The summed E-state index contributed by atoms with van der Waals surface area (Å²) < 4.78 is 5.77. The van der Waals surface area contributed by atoms with E-state index in [2.05, 4.69) is 19.2 Å². The van der Waals surface area contributed by atoms with E-state index in [4.69, 9.17) is 21.4 Å². The zero-order valence-corrected chi connectivity index (χ0v) is 13.0. The van der Waals surface area contributed by atoms with Gasteiger partial charge in [0.15, 0.2) is 0 Å². The van der Waals surface area contributed by atoms with Crippen molar-refractivity contribution in [1.29, 1.82) is 0 Å².